The Hall–Kier alpha value is -3.39. The standard InChI is InChI=1S/C22H22N2O6/c1-11-4-6-12(7-5-11)24-20(25)16-17(21(24)26)19(22(27)28)23-18(16)14-9-8-13(29-2)10-15(14)30-3/h4-10,16-19,23H,1-3H3,(H,27,28)/t16-,17+,18+,19+/m1/s1. The van der Waals surface area contributed by atoms with Crippen molar-refractivity contribution in [3.63, 3.8) is 0 Å². The fourth-order valence-corrected chi connectivity index (χ4v) is 4.35. The Morgan fingerprint density at radius 1 is 1.00 bits per heavy atom. The van der Waals surface area contributed by atoms with E-state index < -0.39 is 41.7 Å². The number of methoxy groups -OCH3 is 2. The molecule has 2 aromatic rings. The van der Waals surface area contributed by atoms with Gasteiger partial charge in [-0.3, -0.25) is 19.7 Å². The lowest BCUT2D eigenvalue weighted by molar-refractivity contribution is -0.142. The number of ether oxygens (including phenoxy) is 2. The number of benzene rings is 2. The molecule has 2 saturated heterocycles. The molecule has 0 unspecified atom stereocenters. The number of nitrogens with zero attached hydrogens (tertiary/aromatic N) is 1. The summed E-state index contributed by atoms with van der Waals surface area (Å²) in [5, 5.41) is 12.7. The normalized spacial score (nSPS) is 25.4. The predicted octanol–water partition coefficient (Wildman–Crippen LogP) is 1.92. The molecule has 2 amide bonds. The van der Waals surface area contributed by atoms with Crippen molar-refractivity contribution in [2.75, 3.05) is 19.1 Å². The molecular formula is C22H22N2O6. The van der Waals surface area contributed by atoms with E-state index in [1.165, 1.54) is 14.2 Å². The number of fused-ring (bicyclic) bond motifs is 1. The van der Waals surface area contributed by atoms with Crippen molar-refractivity contribution < 1.29 is 29.0 Å². The van der Waals surface area contributed by atoms with Crippen LogP contribution in [0.5, 0.6) is 11.5 Å². The predicted molar refractivity (Wildman–Crippen MR) is 107 cm³/mol. The summed E-state index contributed by atoms with van der Waals surface area (Å²) in [5.41, 5.74) is 2.03. The van der Waals surface area contributed by atoms with Gasteiger partial charge in [0.05, 0.1) is 31.7 Å². The van der Waals surface area contributed by atoms with Crippen LogP contribution in [0.25, 0.3) is 0 Å². The highest BCUT2D eigenvalue weighted by Crippen LogP contribution is 2.47. The maximum atomic E-state index is 13.4. The first-order valence-corrected chi connectivity index (χ1v) is 9.52. The highest BCUT2D eigenvalue weighted by atomic mass is 16.5. The highest BCUT2D eigenvalue weighted by Gasteiger charge is 2.61. The third-order valence-electron chi connectivity index (χ3n) is 5.81. The molecule has 0 saturated carbocycles. The molecular weight excluding hydrogens is 388 g/mol. The molecule has 156 valence electrons. The van der Waals surface area contributed by atoms with E-state index in [1.54, 1.807) is 42.5 Å². The number of carbonyl (C=O) groups excluding carboxylic acids is 2. The zero-order valence-corrected chi connectivity index (χ0v) is 16.8. The zero-order valence-electron chi connectivity index (χ0n) is 16.8. The maximum absolute atomic E-state index is 13.4. The summed E-state index contributed by atoms with van der Waals surface area (Å²) in [7, 11) is 3.01. The second-order valence-corrected chi connectivity index (χ2v) is 7.47. The molecule has 8 heteroatoms. The lowest BCUT2D eigenvalue weighted by atomic mass is 9.86. The number of aryl methyl sites for hydroxylation is 1. The summed E-state index contributed by atoms with van der Waals surface area (Å²) in [6, 6.07) is 10.2. The van der Waals surface area contributed by atoms with E-state index in [1.807, 2.05) is 6.92 Å². The van der Waals surface area contributed by atoms with Gasteiger partial charge >= 0.3 is 5.97 Å². The third kappa shape index (κ3) is 3.00. The summed E-state index contributed by atoms with van der Waals surface area (Å²) >= 11 is 0. The van der Waals surface area contributed by atoms with Gasteiger partial charge in [0, 0.05) is 17.7 Å². The van der Waals surface area contributed by atoms with E-state index in [9.17, 15) is 19.5 Å². The second-order valence-electron chi connectivity index (χ2n) is 7.47. The van der Waals surface area contributed by atoms with Gasteiger partial charge in [-0.25, -0.2) is 4.90 Å². The summed E-state index contributed by atoms with van der Waals surface area (Å²) in [4.78, 5) is 39.6. The lowest BCUT2D eigenvalue weighted by Crippen LogP contribution is -2.43. The lowest BCUT2D eigenvalue weighted by Gasteiger charge is -2.23. The second kappa shape index (κ2) is 7.46. The van der Waals surface area contributed by atoms with Crippen LogP contribution in [0.4, 0.5) is 5.69 Å². The topological polar surface area (TPSA) is 105 Å². The van der Waals surface area contributed by atoms with Gasteiger partial charge < -0.3 is 14.6 Å². The molecule has 30 heavy (non-hydrogen) atoms. The van der Waals surface area contributed by atoms with Crippen LogP contribution in [0, 0.1) is 18.8 Å². The van der Waals surface area contributed by atoms with E-state index in [0.29, 0.717) is 22.7 Å². The molecule has 0 bridgehead atoms. The van der Waals surface area contributed by atoms with Gasteiger partial charge in [0.1, 0.15) is 17.5 Å². The first-order chi connectivity index (χ1) is 14.4. The van der Waals surface area contributed by atoms with E-state index >= 15 is 0 Å². The number of imide groups is 1. The minimum Gasteiger partial charge on any atom is -0.497 e. The van der Waals surface area contributed by atoms with Gasteiger partial charge in [0.2, 0.25) is 11.8 Å². The van der Waals surface area contributed by atoms with Gasteiger partial charge in [-0.15, -0.1) is 0 Å². The Labute approximate surface area is 173 Å². The molecule has 2 N–H and O–H groups in total. The average molecular weight is 410 g/mol. The van der Waals surface area contributed by atoms with Crippen molar-refractivity contribution >= 4 is 23.5 Å². The van der Waals surface area contributed by atoms with Gasteiger partial charge in [-0.05, 0) is 25.1 Å². The minimum atomic E-state index is -1.18. The Bertz CT molecular complexity index is 1020. The van der Waals surface area contributed by atoms with Crippen molar-refractivity contribution in [3.8, 4) is 11.5 Å². The molecule has 2 aromatic carbocycles. The van der Waals surface area contributed by atoms with Crippen molar-refractivity contribution in [2.24, 2.45) is 11.8 Å². The van der Waals surface area contributed by atoms with E-state index in [-0.39, 0.29) is 0 Å². The SMILES string of the molecule is COc1ccc([C@@H]2N[C@H](C(=O)O)[C@H]3C(=O)N(c4ccc(C)cc4)C(=O)[C@H]32)c(OC)c1. The summed E-state index contributed by atoms with van der Waals surface area (Å²) in [5.74, 6) is -2.96. The Morgan fingerprint density at radius 2 is 1.67 bits per heavy atom. The van der Waals surface area contributed by atoms with Crippen molar-refractivity contribution in [3.05, 3.63) is 53.6 Å². The quantitative estimate of drug-likeness (QED) is 0.726. The summed E-state index contributed by atoms with van der Waals surface area (Å²) < 4.78 is 10.7. The van der Waals surface area contributed by atoms with E-state index in [2.05, 4.69) is 5.32 Å². The Morgan fingerprint density at radius 3 is 2.27 bits per heavy atom. The molecule has 0 radical (unpaired) electrons. The van der Waals surface area contributed by atoms with Crippen LogP contribution in [0.3, 0.4) is 0 Å². The number of hydrogen-bond acceptors (Lipinski definition) is 6. The average Bonchev–Trinajstić information content (AvgIpc) is 3.25. The monoisotopic (exact) mass is 410 g/mol. The van der Waals surface area contributed by atoms with Gasteiger partial charge in [0.15, 0.2) is 0 Å². The number of carbonyl (C=O) groups is 3. The van der Waals surface area contributed by atoms with Crippen LogP contribution in [0.2, 0.25) is 0 Å². The number of nitrogens with one attached hydrogen (secondary N) is 1. The van der Waals surface area contributed by atoms with Gasteiger partial charge in [-0.2, -0.15) is 0 Å². The molecule has 4 atom stereocenters. The largest absolute Gasteiger partial charge is 0.497 e. The van der Waals surface area contributed by atoms with Crippen molar-refractivity contribution in [1.82, 2.24) is 5.32 Å². The summed E-state index contributed by atoms with van der Waals surface area (Å²) in [6.07, 6.45) is 0. The summed E-state index contributed by atoms with van der Waals surface area (Å²) in [6.45, 7) is 1.91. The third-order valence-corrected chi connectivity index (χ3v) is 5.81. The fraction of sp³-hybridized carbons (Fsp3) is 0.318. The van der Waals surface area contributed by atoms with Crippen LogP contribution < -0.4 is 19.7 Å². The number of hydrogen-bond donors (Lipinski definition) is 2. The Balaban J connectivity index is 1.79. The number of anilines is 1. The molecule has 2 aliphatic rings. The highest BCUT2D eigenvalue weighted by molar-refractivity contribution is 6.23. The number of carboxylic acids is 1. The molecule has 2 aliphatic heterocycles. The first kappa shape index (κ1) is 19.9. The number of carboxylic acid groups (broad SMARTS) is 1. The first-order valence-electron chi connectivity index (χ1n) is 9.52. The van der Waals surface area contributed by atoms with Gasteiger partial charge in [-0.1, -0.05) is 23.8 Å². The molecule has 2 fully saturated rings. The molecule has 4 rings (SSSR count). The number of rotatable bonds is 5. The molecule has 0 spiro atoms. The van der Waals surface area contributed by atoms with Crippen molar-refractivity contribution in [2.45, 2.75) is 19.0 Å². The smallest absolute Gasteiger partial charge is 0.321 e. The van der Waals surface area contributed by atoms with Gasteiger partial charge in [0.25, 0.3) is 0 Å². The number of aliphatic carboxylic acids is 1. The van der Waals surface area contributed by atoms with Crippen LogP contribution >= 0.6 is 0 Å². The minimum absolute atomic E-state index is 0.423. The molecule has 0 aromatic heterocycles. The Kier molecular flexibility index (Phi) is 4.95. The fourth-order valence-electron chi connectivity index (χ4n) is 4.35. The molecule has 0 aliphatic carbocycles. The van der Waals surface area contributed by atoms with Crippen molar-refractivity contribution in [1.29, 1.82) is 0 Å². The van der Waals surface area contributed by atoms with E-state index in [0.717, 1.165) is 10.5 Å². The van der Waals surface area contributed by atoms with Crippen LogP contribution in [-0.4, -0.2) is 43.2 Å². The van der Waals surface area contributed by atoms with Crippen LogP contribution in [0.1, 0.15) is 17.2 Å². The van der Waals surface area contributed by atoms with Crippen LogP contribution in [-0.2, 0) is 14.4 Å². The zero-order chi connectivity index (χ0) is 21.6. The number of amides is 2. The molecule has 8 nitrogen and oxygen atoms in total. The van der Waals surface area contributed by atoms with E-state index in [4.69, 9.17) is 9.47 Å². The molecule has 2 heterocycles. The maximum Gasteiger partial charge on any atom is 0.321 e. The van der Waals surface area contributed by atoms with Crippen LogP contribution in [0.15, 0.2) is 42.5 Å².